The zero-order valence-corrected chi connectivity index (χ0v) is 9.79. The Kier molecular flexibility index (Phi) is 3.58. The van der Waals surface area contributed by atoms with Crippen molar-refractivity contribution in [2.45, 2.75) is 26.2 Å². The van der Waals surface area contributed by atoms with E-state index in [1.54, 1.807) is 7.11 Å². The summed E-state index contributed by atoms with van der Waals surface area (Å²) in [6.45, 7) is 6.34. The SMILES string of the molecule is COc1ccc(NCO)cc1C(C)(C)C. The number of nitrogens with one attached hydrogen (secondary N) is 1. The lowest BCUT2D eigenvalue weighted by atomic mass is 9.86. The first-order chi connectivity index (χ1) is 6.99. The van der Waals surface area contributed by atoms with E-state index in [4.69, 9.17) is 9.84 Å². The van der Waals surface area contributed by atoms with E-state index in [1.807, 2.05) is 18.2 Å². The number of aliphatic hydroxyl groups excluding tert-OH is 1. The Balaban J connectivity index is 3.13. The van der Waals surface area contributed by atoms with Gasteiger partial charge in [0.05, 0.1) is 7.11 Å². The fraction of sp³-hybridized carbons (Fsp3) is 0.500. The summed E-state index contributed by atoms with van der Waals surface area (Å²) in [6.07, 6.45) is 0. The molecule has 0 aromatic heterocycles. The lowest BCUT2D eigenvalue weighted by Crippen LogP contribution is -2.13. The van der Waals surface area contributed by atoms with Crippen molar-refractivity contribution in [1.29, 1.82) is 0 Å². The van der Waals surface area contributed by atoms with Gasteiger partial charge in [-0.15, -0.1) is 0 Å². The van der Waals surface area contributed by atoms with Crippen LogP contribution >= 0.6 is 0 Å². The van der Waals surface area contributed by atoms with Gasteiger partial charge >= 0.3 is 0 Å². The van der Waals surface area contributed by atoms with Crippen LogP contribution in [-0.2, 0) is 5.41 Å². The molecule has 0 aliphatic rings. The summed E-state index contributed by atoms with van der Waals surface area (Å²) in [5.74, 6) is 0.881. The summed E-state index contributed by atoms with van der Waals surface area (Å²) >= 11 is 0. The molecule has 0 spiro atoms. The molecule has 3 nitrogen and oxygen atoms in total. The molecule has 1 aromatic carbocycles. The zero-order valence-electron chi connectivity index (χ0n) is 9.79. The Bertz CT molecular complexity index is 329. The van der Waals surface area contributed by atoms with Crippen LogP contribution in [-0.4, -0.2) is 18.9 Å². The minimum absolute atomic E-state index is 0.0263. The molecule has 1 rings (SSSR count). The first-order valence-corrected chi connectivity index (χ1v) is 5.02. The molecule has 1 aromatic rings. The normalized spacial score (nSPS) is 11.3. The van der Waals surface area contributed by atoms with Crippen LogP contribution in [0.3, 0.4) is 0 Å². The molecule has 0 fully saturated rings. The average molecular weight is 209 g/mol. The molecule has 0 amide bonds. The maximum atomic E-state index is 8.80. The lowest BCUT2D eigenvalue weighted by Gasteiger charge is -2.23. The fourth-order valence-corrected chi connectivity index (χ4v) is 1.50. The summed E-state index contributed by atoms with van der Waals surface area (Å²) in [7, 11) is 1.67. The summed E-state index contributed by atoms with van der Waals surface area (Å²) in [6, 6.07) is 5.82. The topological polar surface area (TPSA) is 41.5 Å². The van der Waals surface area contributed by atoms with E-state index >= 15 is 0 Å². The smallest absolute Gasteiger partial charge is 0.122 e. The molecule has 84 valence electrons. The monoisotopic (exact) mass is 209 g/mol. The maximum absolute atomic E-state index is 8.80. The first kappa shape index (κ1) is 11.9. The molecule has 0 saturated heterocycles. The molecule has 0 heterocycles. The van der Waals surface area contributed by atoms with Crippen LogP contribution in [0.5, 0.6) is 5.75 Å². The Morgan fingerprint density at radius 2 is 2.00 bits per heavy atom. The van der Waals surface area contributed by atoms with Crippen molar-refractivity contribution < 1.29 is 9.84 Å². The molecule has 15 heavy (non-hydrogen) atoms. The minimum Gasteiger partial charge on any atom is -0.496 e. The number of aliphatic hydroxyl groups is 1. The predicted octanol–water partition coefficient (Wildman–Crippen LogP) is 2.35. The maximum Gasteiger partial charge on any atom is 0.122 e. The quantitative estimate of drug-likeness (QED) is 0.751. The molecule has 0 bridgehead atoms. The van der Waals surface area contributed by atoms with Crippen molar-refractivity contribution in [3.05, 3.63) is 23.8 Å². The number of methoxy groups -OCH3 is 1. The second kappa shape index (κ2) is 4.53. The van der Waals surface area contributed by atoms with Crippen molar-refractivity contribution in [2.24, 2.45) is 0 Å². The Labute approximate surface area is 91.1 Å². The highest BCUT2D eigenvalue weighted by Crippen LogP contribution is 2.33. The third-order valence-electron chi connectivity index (χ3n) is 2.29. The number of anilines is 1. The van der Waals surface area contributed by atoms with Crippen molar-refractivity contribution in [2.75, 3.05) is 19.2 Å². The van der Waals surface area contributed by atoms with Gasteiger partial charge in [-0.05, 0) is 23.6 Å². The van der Waals surface area contributed by atoms with Gasteiger partial charge in [-0.1, -0.05) is 20.8 Å². The van der Waals surface area contributed by atoms with Crippen LogP contribution in [0, 0.1) is 0 Å². The number of ether oxygens (including phenoxy) is 1. The number of hydrogen-bond donors (Lipinski definition) is 2. The summed E-state index contributed by atoms with van der Waals surface area (Å²) in [4.78, 5) is 0. The van der Waals surface area contributed by atoms with E-state index in [-0.39, 0.29) is 12.1 Å². The number of hydrogen-bond acceptors (Lipinski definition) is 3. The van der Waals surface area contributed by atoms with Crippen LogP contribution in [0.1, 0.15) is 26.3 Å². The number of benzene rings is 1. The molecular formula is C12H19NO2. The van der Waals surface area contributed by atoms with Crippen LogP contribution in [0.2, 0.25) is 0 Å². The highest BCUT2D eigenvalue weighted by atomic mass is 16.5. The Hall–Kier alpha value is -1.22. The third-order valence-corrected chi connectivity index (χ3v) is 2.29. The Morgan fingerprint density at radius 3 is 2.47 bits per heavy atom. The van der Waals surface area contributed by atoms with E-state index in [9.17, 15) is 0 Å². The van der Waals surface area contributed by atoms with Gasteiger partial charge in [-0.3, -0.25) is 0 Å². The highest BCUT2D eigenvalue weighted by molar-refractivity contribution is 5.53. The van der Waals surface area contributed by atoms with Gasteiger partial charge < -0.3 is 15.2 Å². The van der Waals surface area contributed by atoms with Crippen molar-refractivity contribution in [1.82, 2.24) is 0 Å². The standard InChI is InChI=1S/C12H19NO2/c1-12(2,3)10-7-9(13-8-14)5-6-11(10)15-4/h5-7,13-14H,8H2,1-4H3. The zero-order chi connectivity index (χ0) is 11.5. The fourth-order valence-electron chi connectivity index (χ4n) is 1.50. The predicted molar refractivity (Wildman–Crippen MR) is 62.4 cm³/mol. The molecule has 0 saturated carbocycles. The van der Waals surface area contributed by atoms with Crippen molar-refractivity contribution in [3.8, 4) is 5.75 Å². The van der Waals surface area contributed by atoms with E-state index in [0.29, 0.717) is 0 Å². The largest absolute Gasteiger partial charge is 0.496 e. The van der Waals surface area contributed by atoms with Crippen molar-refractivity contribution >= 4 is 5.69 Å². The van der Waals surface area contributed by atoms with E-state index in [1.165, 1.54) is 0 Å². The highest BCUT2D eigenvalue weighted by Gasteiger charge is 2.18. The summed E-state index contributed by atoms with van der Waals surface area (Å²) < 4.78 is 5.31. The van der Waals surface area contributed by atoms with Gasteiger partial charge in [0.15, 0.2) is 0 Å². The number of rotatable bonds is 3. The summed E-state index contributed by atoms with van der Waals surface area (Å²) in [5, 5.41) is 11.7. The van der Waals surface area contributed by atoms with Crippen LogP contribution in [0.4, 0.5) is 5.69 Å². The van der Waals surface area contributed by atoms with Gasteiger partial charge in [-0.25, -0.2) is 0 Å². The van der Waals surface area contributed by atoms with E-state index in [2.05, 4.69) is 26.1 Å². The first-order valence-electron chi connectivity index (χ1n) is 5.02. The van der Waals surface area contributed by atoms with Gasteiger partial charge in [0.2, 0.25) is 0 Å². The van der Waals surface area contributed by atoms with Gasteiger partial charge in [0, 0.05) is 11.3 Å². The summed E-state index contributed by atoms with van der Waals surface area (Å²) in [5.41, 5.74) is 2.06. The average Bonchev–Trinajstić information content (AvgIpc) is 2.17. The molecule has 0 atom stereocenters. The second-order valence-corrected chi connectivity index (χ2v) is 4.50. The van der Waals surface area contributed by atoms with Crippen LogP contribution in [0.15, 0.2) is 18.2 Å². The van der Waals surface area contributed by atoms with E-state index in [0.717, 1.165) is 17.0 Å². The van der Waals surface area contributed by atoms with Gasteiger partial charge in [0.1, 0.15) is 12.5 Å². The molecule has 0 aliphatic carbocycles. The van der Waals surface area contributed by atoms with Crippen LogP contribution < -0.4 is 10.1 Å². The van der Waals surface area contributed by atoms with Crippen LogP contribution in [0.25, 0.3) is 0 Å². The molecule has 0 aliphatic heterocycles. The Morgan fingerprint density at radius 1 is 1.33 bits per heavy atom. The van der Waals surface area contributed by atoms with Gasteiger partial charge in [-0.2, -0.15) is 0 Å². The molecule has 0 radical (unpaired) electrons. The van der Waals surface area contributed by atoms with E-state index < -0.39 is 0 Å². The van der Waals surface area contributed by atoms with Gasteiger partial charge in [0.25, 0.3) is 0 Å². The minimum atomic E-state index is -0.0596. The molecular weight excluding hydrogens is 190 g/mol. The molecule has 0 unspecified atom stereocenters. The van der Waals surface area contributed by atoms with Crippen molar-refractivity contribution in [3.63, 3.8) is 0 Å². The lowest BCUT2D eigenvalue weighted by molar-refractivity contribution is 0.325. The molecule has 3 heteroatoms. The molecule has 2 N–H and O–H groups in total. The second-order valence-electron chi connectivity index (χ2n) is 4.50. The third kappa shape index (κ3) is 2.86.